The molecule has 0 saturated heterocycles. The molecule has 0 aromatic heterocycles. The van der Waals surface area contributed by atoms with Gasteiger partial charge in [0.25, 0.3) is 0 Å². The number of hydrogen-bond donors (Lipinski definition) is 0. The van der Waals surface area contributed by atoms with Crippen molar-refractivity contribution in [1.82, 2.24) is 0 Å². The lowest BCUT2D eigenvalue weighted by atomic mass is 10.8. The maximum atomic E-state index is 4.72. The Bertz CT molecular complexity index is 10.8. The van der Waals surface area contributed by atoms with Crippen molar-refractivity contribution in [3.05, 3.63) is 12.7 Å². The highest BCUT2D eigenvalue weighted by Crippen LogP contribution is 1.36. The van der Waals surface area contributed by atoms with Crippen LogP contribution in [0.3, 0.4) is 0 Å². The van der Waals surface area contributed by atoms with E-state index in [0.717, 1.165) is 0 Å². The third kappa shape index (κ3) is 22.2. The van der Waals surface area contributed by atoms with Gasteiger partial charge in [-0.2, -0.15) is 0 Å². The lowest BCUT2D eigenvalue weighted by Gasteiger charge is -1.29. The zero-order valence-corrected chi connectivity index (χ0v) is 2.15. The van der Waals surface area contributed by atoms with E-state index in [4.69, 9.17) is 6.58 Å². The minimum absolute atomic E-state index is 0. The highest BCUT2D eigenvalue weighted by molar-refractivity contribution is 5.75. The Morgan fingerprint density at radius 2 is 1.75 bits per heavy atom. The molecule has 4 heavy (non-hydrogen) atoms. The van der Waals surface area contributed by atoms with Crippen LogP contribution in [0.4, 0.5) is 0 Å². The molecule has 0 aliphatic rings. The first kappa shape index (κ1) is 8.82. The van der Waals surface area contributed by atoms with Crippen LogP contribution < -0.4 is 0 Å². The smallest absolute Gasteiger partial charge is 0.0877 e. The Morgan fingerprint density at radius 1 is 1.75 bits per heavy atom. The second kappa shape index (κ2) is 9.71. The summed E-state index contributed by atoms with van der Waals surface area (Å²) >= 11 is 0. The summed E-state index contributed by atoms with van der Waals surface area (Å²) in [6.07, 6.45) is 1.50. The molecule has 0 unspecified atom stereocenters. The minimum atomic E-state index is 0. The van der Waals surface area contributed by atoms with Crippen molar-refractivity contribution in [2.24, 2.45) is 0 Å². The normalized spacial score (nSPS) is 3.25. The van der Waals surface area contributed by atoms with E-state index in [2.05, 4.69) is 0 Å². The SMILES string of the molecule is [CH]=CC.[MgH2]. The van der Waals surface area contributed by atoms with Gasteiger partial charge in [-0.25, -0.2) is 0 Å². The third-order valence-corrected chi connectivity index (χ3v) is 0. The summed E-state index contributed by atoms with van der Waals surface area (Å²) in [6.45, 7) is 6.50. The second-order valence-electron chi connectivity index (χ2n) is 0.333. The molecule has 0 fully saturated rings. The Morgan fingerprint density at radius 3 is 1.75 bits per heavy atom. The second-order valence-corrected chi connectivity index (χ2v) is 0.333. The van der Waals surface area contributed by atoms with Gasteiger partial charge in [-0.15, -0.1) is 0 Å². The summed E-state index contributed by atoms with van der Waals surface area (Å²) in [7, 11) is 0. The van der Waals surface area contributed by atoms with E-state index < -0.39 is 0 Å². The van der Waals surface area contributed by atoms with Gasteiger partial charge in [-0.05, 0) is 6.92 Å². The van der Waals surface area contributed by atoms with E-state index in [1.807, 2.05) is 0 Å². The molecule has 0 saturated carbocycles. The Kier molecular flexibility index (Phi) is 21.4. The summed E-state index contributed by atoms with van der Waals surface area (Å²) in [4.78, 5) is 0. The van der Waals surface area contributed by atoms with Crippen LogP contribution in [0, 0.1) is 6.58 Å². The van der Waals surface area contributed by atoms with Crippen LogP contribution >= 0.6 is 0 Å². The molecule has 0 nitrogen and oxygen atoms in total. The fraction of sp³-hybridized carbons (Fsp3) is 0.333. The average molecular weight is 67.4 g/mol. The van der Waals surface area contributed by atoms with E-state index in [-0.39, 0.29) is 23.1 Å². The van der Waals surface area contributed by atoms with Gasteiger partial charge in [-0.3, -0.25) is 0 Å². The highest BCUT2D eigenvalue weighted by atomic mass is 24.3. The van der Waals surface area contributed by atoms with Crippen molar-refractivity contribution >= 4 is 23.1 Å². The van der Waals surface area contributed by atoms with Crippen LogP contribution in [-0.2, 0) is 0 Å². The monoisotopic (exact) mass is 67.0 g/mol. The van der Waals surface area contributed by atoms with Gasteiger partial charge in [0.1, 0.15) is 0 Å². The summed E-state index contributed by atoms with van der Waals surface area (Å²) in [6, 6.07) is 0. The highest BCUT2D eigenvalue weighted by Gasteiger charge is 1.15. The van der Waals surface area contributed by atoms with Crippen LogP contribution in [0.15, 0.2) is 6.08 Å². The van der Waals surface area contributed by atoms with Crippen LogP contribution in [0.25, 0.3) is 0 Å². The van der Waals surface area contributed by atoms with Gasteiger partial charge in [0.15, 0.2) is 0 Å². The van der Waals surface area contributed by atoms with Crippen molar-refractivity contribution in [3.63, 3.8) is 0 Å². The topological polar surface area (TPSA) is 0 Å². The van der Waals surface area contributed by atoms with Crippen LogP contribution in [0.1, 0.15) is 6.92 Å². The zero-order chi connectivity index (χ0) is 2.71. The van der Waals surface area contributed by atoms with Gasteiger partial charge in [-0.1, -0.05) is 12.7 Å². The van der Waals surface area contributed by atoms with E-state index >= 15 is 0 Å². The van der Waals surface area contributed by atoms with Gasteiger partial charge in [0.05, 0.1) is 0 Å². The zero-order valence-electron chi connectivity index (χ0n) is 2.15. The molecule has 21 valence electrons. The molecule has 0 rings (SSSR count). The molecule has 0 aliphatic carbocycles. The van der Waals surface area contributed by atoms with Crippen molar-refractivity contribution in [3.8, 4) is 0 Å². The van der Waals surface area contributed by atoms with Gasteiger partial charge in [0.2, 0.25) is 0 Å². The molecule has 0 aromatic rings. The van der Waals surface area contributed by atoms with Crippen LogP contribution in [-0.4, -0.2) is 23.1 Å². The van der Waals surface area contributed by atoms with E-state index in [1.54, 1.807) is 6.92 Å². The fourth-order valence-electron chi connectivity index (χ4n) is 0. The summed E-state index contributed by atoms with van der Waals surface area (Å²) < 4.78 is 0. The molecule has 0 atom stereocenters. The first-order chi connectivity index (χ1) is 1.41. The summed E-state index contributed by atoms with van der Waals surface area (Å²) in [5, 5.41) is 0. The van der Waals surface area contributed by atoms with Gasteiger partial charge >= 0.3 is 23.1 Å². The summed E-state index contributed by atoms with van der Waals surface area (Å²) in [5.41, 5.74) is 0. The fourth-order valence-corrected chi connectivity index (χ4v) is 0. The predicted molar refractivity (Wildman–Crippen MR) is 23.1 cm³/mol. The van der Waals surface area contributed by atoms with E-state index in [1.165, 1.54) is 6.08 Å². The molecule has 0 N–H and O–H groups in total. The van der Waals surface area contributed by atoms with Crippen LogP contribution in [0.5, 0.6) is 0 Å². The van der Waals surface area contributed by atoms with Crippen molar-refractivity contribution in [1.29, 1.82) is 0 Å². The minimum Gasteiger partial charge on any atom is -0.0877 e. The standard InChI is InChI=1S/C3H5.Mg.2H/c1-3-2;;;/h1,3H,2H3;;;. The maximum Gasteiger partial charge on any atom is 0.316 e. The Labute approximate surface area is 43.0 Å². The first-order valence-electron chi connectivity index (χ1n) is 0.911. The lowest BCUT2D eigenvalue weighted by Crippen LogP contribution is -1.09. The molecular weight excluding hydrogens is 60.3 g/mol. The quantitative estimate of drug-likeness (QED) is 0.352. The van der Waals surface area contributed by atoms with Gasteiger partial charge < -0.3 is 0 Å². The molecule has 1 heteroatoms. The van der Waals surface area contributed by atoms with Crippen molar-refractivity contribution in [2.75, 3.05) is 0 Å². The Balaban J connectivity index is 0. The summed E-state index contributed by atoms with van der Waals surface area (Å²) in [5.74, 6) is 0. The van der Waals surface area contributed by atoms with E-state index in [9.17, 15) is 0 Å². The molecule has 0 amide bonds. The molecular formula is C3H7Mg. The molecule has 0 aliphatic heterocycles. The van der Waals surface area contributed by atoms with Crippen molar-refractivity contribution < 1.29 is 0 Å². The number of allylic oxidation sites excluding steroid dienone is 1. The molecule has 0 heterocycles. The average Bonchev–Trinajstić information content (AvgIpc) is 0.918. The lowest BCUT2D eigenvalue weighted by molar-refractivity contribution is 1.78. The third-order valence-electron chi connectivity index (χ3n) is 0. The molecule has 0 aromatic carbocycles. The molecule has 0 bridgehead atoms. The maximum absolute atomic E-state index is 4.72. The largest absolute Gasteiger partial charge is 0.316 e. The van der Waals surface area contributed by atoms with E-state index in [0.29, 0.717) is 0 Å². The molecule has 1 radical (unpaired) electrons. The number of rotatable bonds is 0. The number of hydrogen-bond acceptors (Lipinski definition) is 0. The predicted octanol–water partition coefficient (Wildman–Crippen LogP) is 0.0793. The Hall–Kier alpha value is 0.506. The van der Waals surface area contributed by atoms with Gasteiger partial charge in [0, 0.05) is 0 Å². The molecule has 0 spiro atoms. The van der Waals surface area contributed by atoms with Crippen molar-refractivity contribution in [2.45, 2.75) is 6.92 Å². The first-order valence-corrected chi connectivity index (χ1v) is 0.911. The van der Waals surface area contributed by atoms with Crippen LogP contribution in [0.2, 0.25) is 0 Å².